The molecule has 3 nitrogen and oxygen atoms in total. The molecule has 1 aliphatic carbocycles. The van der Waals surface area contributed by atoms with Gasteiger partial charge in [-0.3, -0.25) is 4.79 Å². The van der Waals surface area contributed by atoms with Gasteiger partial charge in [-0.1, -0.05) is 5.57 Å². The lowest BCUT2D eigenvalue weighted by Gasteiger charge is -2.27. The van der Waals surface area contributed by atoms with Gasteiger partial charge < -0.3 is 10.6 Å². The summed E-state index contributed by atoms with van der Waals surface area (Å²) in [6.07, 6.45) is 4.29. The maximum Gasteiger partial charge on any atom is 0.244 e. The van der Waals surface area contributed by atoms with E-state index in [4.69, 9.17) is 0 Å². The number of nitrogens with one attached hydrogen (secondary N) is 2. The monoisotopic (exact) mass is 180 g/mol. The van der Waals surface area contributed by atoms with Crippen LogP contribution in [0.2, 0.25) is 0 Å². The topological polar surface area (TPSA) is 41.1 Å². The Morgan fingerprint density at radius 1 is 1.46 bits per heavy atom. The van der Waals surface area contributed by atoms with E-state index in [1.165, 1.54) is 18.4 Å². The Morgan fingerprint density at radius 2 is 2.15 bits per heavy atom. The molecule has 0 bridgehead atoms. The number of carbonyl (C=O) groups excluding carboxylic acids is 1. The summed E-state index contributed by atoms with van der Waals surface area (Å²) in [5.41, 5.74) is 1.24. The Hall–Kier alpha value is -0.830. The second-order valence-electron chi connectivity index (χ2n) is 4.03. The molecule has 0 spiro atoms. The van der Waals surface area contributed by atoms with E-state index in [0.29, 0.717) is 12.0 Å². The fraction of sp³-hybridized carbons (Fsp3) is 0.700. The Morgan fingerprint density at radius 3 is 2.62 bits per heavy atom. The molecule has 0 aromatic rings. The number of carbonyl (C=O) groups is 1. The molecule has 0 atom stereocenters. The van der Waals surface area contributed by atoms with Gasteiger partial charge in [0.1, 0.15) is 0 Å². The standard InChI is InChI=1S/C10H16N2O/c1-7(8-2-3-8)4-10(13)12-9-5-11-6-9/h4,8-9,11H,2-3,5-6H2,1H3,(H,12,13)/b7-4+. The van der Waals surface area contributed by atoms with Crippen LogP contribution in [0.4, 0.5) is 0 Å². The van der Waals surface area contributed by atoms with Crippen LogP contribution < -0.4 is 10.6 Å². The highest BCUT2D eigenvalue weighted by atomic mass is 16.1. The molecule has 1 saturated carbocycles. The Balaban J connectivity index is 1.78. The van der Waals surface area contributed by atoms with Crippen molar-refractivity contribution in [3.05, 3.63) is 11.6 Å². The van der Waals surface area contributed by atoms with Crippen LogP contribution in [-0.2, 0) is 4.79 Å². The Bertz CT molecular complexity index is 239. The summed E-state index contributed by atoms with van der Waals surface area (Å²) in [5.74, 6) is 0.779. The van der Waals surface area contributed by atoms with Gasteiger partial charge in [-0.05, 0) is 25.7 Å². The lowest BCUT2D eigenvalue weighted by molar-refractivity contribution is -0.117. The maximum atomic E-state index is 11.4. The molecule has 72 valence electrons. The van der Waals surface area contributed by atoms with Crippen LogP contribution in [0, 0.1) is 5.92 Å². The van der Waals surface area contributed by atoms with Crippen molar-refractivity contribution >= 4 is 5.91 Å². The number of hydrogen-bond donors (Lipinski definition) is 2. The first-order chi connectivity index (χ1) is 6.25. The SMILES string of the molecule is C/C(=C\C(=O)NC1CNC1)C1CC1. The summed E-state index contributed by atoms with van der Waals surface area (Å²) >= 11 is 0. The average molecular weight is 180 g/mol. The largest absolute Gasteiger partial charge is 0.347 e. The third kappa shape index (κ3) is 2.31. The van der Waals surface area contributed by atoms with Crippen molar-refractivity contribution in [3.63, 3.8) is 0 Å². The van der Waals surface area contributed by atoms with E-state index in [9.17, 15) is 4.79 Å². The molecule has 3 heteroatoms. The molecule has 0 unspecified atom stereocenters. The first-order valence-corrected chi connectivity index (χ1v) is 4.95. The highest BCUT2D eigenvalue weighted by Gasteiger charge is 2.24. The highest BCUT2D eigenvalue weighted by Crippen LogP contribution is 2.35. The predicted molar refractivity (Wildman–Crippen MR) is 51.3 cm³/mol. The van der Waals surface area contributed by atoms with Crippen LogP contribution in [0.1, 0.15) is 19.8 Å². The number of rotatable bonds is 3. The van der Waals surface area contributed by atoms with Crippen LogP contribution in [0.5, 0.6) is 0 Å². The minimum atomic E-state index is 0.0795. The fourth-order valence-electron chi connectivity index (χ4n) is 1.50. The summed E-state index contributed by atoms with van der Waals surface area (Å²) in [6.45, 7) is 3.89. The molecule has 1 heterocycles. The van der Waals surface area contributed by atoms with Gasteiger partial charge >= 0.3 is 0 Å². The van der Waals surface area contributed by atoms with Crippen LogP contribution in [0.3, 0.4) is 0 Å². The third-order valence-corrected chi connectivity index (χ3v) is 2.71. The summed E-state index contributed by atoms with van der Waals surface area (Å²) in [7, 11) is 0. The zero-order valence-corrected chi connectivity index (χ0v) is 7.97. The predicted octanol–water partition coefficient (Wildman–Crippen LogP) is 0.431. The summed E-state index contributed by atoms with van der Waals surface area (Å²) in [4.78, 5) is 11.4. The molecule has 13 heavy (non-hydrogen) atoms. The third-order valence-electron chi connectivity index (χ3n) is 2.71. The van der Waals surface area contributed by atoms with E-state index >= 15 is 0 Å². The van der Waals surface area contributed by atoms with E-state index in [2.05, 4.69) is 17.6 Å². The van der Waals surface area contributed by atoms with Gasteiger partial charge in [-0.15, -0.1) is 0 Å². The maximum absolute atomic E-state index is 11.4. The van der Waals surface area contributed by atoms with Crippen LogP contribution >= 0.6 is 0 Å². The van der Waals surface area contributed by atoms with Crippen LogP contribution in [0.25, 0.3) is 0 Å². The normalized spacial score (nSPS) is 23.9. The first kappa shape index (κ1) is 8.75. The molecular formula is C10H16N2O. The minimum Gasteiger partial charge on any atom is -0.347 e. The van der Waals surface area contributed by atoms with Crippen LogP contribution in [0.15, 0.2) is 11.6 Å². The fourth-order valence-corrected chi connectivity index (χ4v) is 1.50. The number of hydrogen-bond acceptors (Lipinski definition) is 2. The second-order valence-corrected chi connectivity index (χ2v) is 4.03. The average Bonchev–Trinajstić information content (AvgIpc) is 2.78. The lowest BCUT2D eigenvalue weighted by atomic mass is 10.1. The molecule has 2 rings (SSSR count). The molecule has 2 N–H and O–H groups in total. The van der Waals surface area contributed by atoms with Gasteiger partial charge in [0.15, 0.2) is 0 Å². The highest BCUT2D eigenvalue weighted by molar-refractivity contribution is 5.88. The smallest absolute Gasteiger partial charge is 0.244 e. The summed E-state index contributed by atoms with van der Waals surface area (Å²) < 4.78 is 0. The summed E-state index contributed by atoms with van der Waals surface area (Å²) in [6, 6.07) is 0.357. The van der Waals surface area contributed by atoms with Gasteiger partial charge in [-0.25, -0.2) is 0 Å². The molecule has 1 aliphatic heterocycles. The van der Waals surface area contributed by atoms with Crippen molar-refractivity contribution in [2.24, 2.45) is 5.92 Å². The first-order valence-electron chi connectivity index (χ1n) is 4.95. The Labute approximate surface area is 78.6 Å². The zero-order valence-electron chi connectivity index (χ0n) is 7.97. The molecule has 0 radical (unpaired) electrons. The molecule has 1 amide bonds. The van der Waals surface area contributed by atoms with Crippen LogP contribution in [-0.4, -0.2) is 25.0 Å². The quantitative estimate of drug-likeness (QED) is 0.618. The molecule has 1 saturated heterocycles. The van der Waals surface area contributed by atoms with Crippen molar-refractivity contribution in [2.75, 3.05) is 13.1 Å². The van der Waals surface area contributed by atoms with Crippen molar-refractivity contribution in [2.45, 2.75) is 25.8 Å². The molecule has 2 aliphatic rings. The van der Waals surface area contributed by atoms with Gasteiger partial charge in [0.2, 0.25) is 5.91 Å². The van der Waals surface area contributed by atoms with Gasteiger partial charge in [-0.2, -0.15) is 0 Å². The second kappa shape index (κ2) is 3.50. The van der Waals surface area contributed by atoms with Gasteiger partial charge in [0.25, 0.3) is 0 Å². The van der Waals surface area contributed by atoms with Crippen molar-refractivity contribution < 1.29 is 4.79 Å². The van der Waals surface area contributed by atoms with E-state index in [-0.39, 0.29) is 5.91 Å². The van der Waals surface area contributed by atoms with Crippen molar-refractivity contribution in [1.82, 2.24) is 10.6 Å². The van der Waals surface area contributed by atoms with Crippen molar-refractivity contribution in [1.29, 1.82) is 0 Å². The molecule has 0 aromatic carbocycles. The zero-order chi connectivity index (χ0) is 9.26. The number of allylic oxidation sites excluding steroid dienone is 1. The van der Waals surface area contributed by atoms with E-state index in [1.54, 1.807) is 6.08 Å². The Kier molecular flexibility index (Phi) is 2.36. The minimum absolute atomic E-state index is 0.0795. The molecular weight excluding hydrogens is 164 g/mol. The van der Waals surface area contributed by atoms with Crippen molar-refractivity contribution in [3.8, 4) is 0 Å². The van der Waals surface area contributed by atoms with E-state index < -0.39 is 0 Å². The van der Waals surface area contributed by atoms with E-state index in [0.717, 1.165) is 13.1 Å². The molecule has 0 aromatic heterocycles. The molecule has 2 fully saturated rings. The lowest BCUT2D eigenvalue weighted by Crippen LogP contribution is -2.56. The number of amides is 1. The van der Waals surface area contributed by atoms with E-state index in [1.807, 2.05) is 0 Å². The summed E-state index contributed by atoms with van der Waals surface area (Å²) in [5, 5.41) is 6.07. The van der Waals surface area contributed by atoms with Gasteiger partial charge in [0, 0.05) is 19.2 Å². The van der Waals surface area contributed by atoms with Gasteiger partial charge in [0.05, 0.1) is 6.04 Å².